The second-order valence-corrected chi connectivity index (χ2v) is 8.52. The smallest absolute Gasteiger partial charge is 0.246 e. The average Bonchev–Trinajstić information content (AvgIpc) is 2.74. The minimum atomic E-state index is -3.77. The van der Waals surface area contributed by atoms with E-state index in [-0.39, 0.29) is 17.2 Å². The van der Waals surface area contributed by atoms with Crippen molar-refractivity contribution >= 4 is 15.7 Å². The first kappa shape index (κ1) is 20.4. The Kier molecular flexibility index (Phi) is 6.43. The first-order chi connectivity index (χ1) is 13.5. The molecule has 3 rings (SSSR count). The molecule has 1 aliphatic rings. The third kappa shape index (κ3) is 4.24. The highest BCUT2D eigenvalue weighted by Crippen LogP contribution is 2.31. The standard InChI is InChI=1S/C20H26N2O5S/c1-21(28(23,24)20-14-17(25-2)8-9-19(20)26-3)15-16-6-4-5-7-18(16)22-10-12-27-13-11-22/h4-9,14H,10-13,15H2,1-3H3. The lowest BCUT2D eigenvalue weighted by molar-refractivity contribution is 0.122. The molecule has 0 atom stereocenters. The van der Waals surface area contributed by atoms with Gasteiger partial charge in [-0.15, -0.1) is 0 Å². The highest BCUT2D eigenvalue weighted by atomic mass is 32.2. The Morgan fingerprint density at radius 3 is 2.46 bits per heavy atom. The Balaban J connectivity index is 1.90. The average molecular weight is 407 g/mol. The molecule has 0 bridgehead atoms. The third-order valence-corrected chi connectivity index (χ3v) is 6.62. The number of hydrogen-bond donors (Lipinski definition) is 0. The lowest BCUT2D eigenvalue weighted by Gasteiger charge is -2.31. The first-order valence-electron chi connectivity index (χ1n) is 9.06. The summed E-state index contributed by atoms with van der Waals surface area (Å²) in [5.41, 5.74) is 1.97. The summed E-state index contributed by atoms with van der Waals surface area (Å²) < 4.78 is 43.7. The van der Waals surface area contributed by atoms with E-state index in [0.717, 1.165) is 24.3 Å². The van der Waals surface area contributed by atoms with E-state index in [1.54, 1.807) is 19.2 Å². The molecule has 1 aliphatic heterocycles. The summed E-state index contributed by atoms with van der Waals surface area (Å²) in [6.45, 7) is 3.16. The molecule has 0 saturated carbocycles. The van der Waals surface area contributed by atoms with Gasteiger partial charge in [-0.2, -0.15) is 4.31 Å². The van der Waals surface area contributed by atoms with Gasteiger partial charge in [-0.3, -0.25) is 0 Å². The number of anilines is 1. The minimum Gasteiger partial charge on any atom is -0.497 e. The summed E-state index contributed by atoms with van der Waals surface area (Å²) >= 11 is 0. The van der Waals surface area contributed by atoms with Crippen molar-refractivity contribution in [3.63, 3.8) is 0 Å². The second-order valence-electron chi connectivity index (χ2n) is 6.51. The molecule has 2 aromatic rings. The van der Waals surface area contributed by atoms with Crippen molar-refractivity contribution < 1.29 is 22.6 Å². The van der Waals surface area contributed by atoms with Gasteiger partial charge in [0, 0.05) is 38.4 Å². The van der Waals surface area contributed by atoms with E-state index in [9.17, 15) is 8.42 Å². The van der Waals surface area contributed by atoms with Crippen molar-refractivity contribution in [2.24, 2.45) is 0 Å². The van der Waals surface area contributed by atoms with Crippen LogP contribution in [0.2, 0.25) is 0 Å². The van der Waals surface area contributed by atoms with Crippen molar-refractivity contribution in [3.05, 3.63) is 48.0 Å². The monoisotopic (exact) mass is 406 g/mol. The van der Waals surface area contributed by atoms with Crippen LogP contribution in [0.4, 0.5) is 5.69 Å². The second kappa shape index (κ2) is 8.81. The molecule has 0 unspecified atom stereocenters. The number of morpholine rings is 1. The fourth-order valence-electron chi connectivity index (χ4n) is 3.24. The van der Waals surface area contributed by atoms with E-state index < -0.39 is 10.0 Å². The zero-order valence-corrected chi connectivity index (χ0v) is 17.2. The van der Waals surface area contributed by atoms with Crippen LogP contribution in [0.5, 0.6) is 11.5 Å². The molecule has 1 heterocycles. The van der Waals surface area contributed by atoms with Crippen molar-refractivity contribution in [1.29, 1.82) is 0 Å². The quantitative estimate of drug-likeness (QED) is 0.703. The summed E-state index contributed by atoms with van der Waals surface area (Å²) in [6.07, 6.45) is 0. The van der Waals surface area contributed by atoms with Crippen LogP contribution in [0.1, 0.15) is 5.56 Å². The van der Waals surface area contributed by atoms with E-state index in [1.165, 1.54) is 24.6 Å². The molecule has 0 amide bonds. The van der Waals surface area contributed by atoms with E-state index in [2.05, 4.69) is 4.90 Å². The van der Waals surface area contributed by atoms with Gasteiger partial charge in [0.25, 0.3) is 0 Å². The van der Waals surface area contributed by atoms with E-state index in [4.69, 9.17) is 14.2 Å². The zero-order valence-electron chi connectivity index (χ0n) is 16.4. The Morgan fingerprint density at radius 1 is 1.07 bits per heavy atom. The van der Waals surface area contributed by atoms with Gasteiger partial charge in [0.2, 0.25) is 10.0 Å². The van der Waals surface area contributed by atoms with Crippen molar-refractivity contribution in [1.82, 2.24) is 4.31 Å². The molecule has 0 aromatic heterocycles. The predicted octanol–water partition coefficient (Wildman–Crippen LogP) is 2.36. The zero-order chi connectivity index (χ0) is 20.1. The predicted molar refractivity (Wildman–Crippen MR) is 108 cm³/mol. The maximum absolute atomic E-state index is 13.2. The van der Waals surface area contributed by atoms with Crippen LogP contribution in [0.25, 0.3) is 0 Å². The molecule has 0 radical (unpaired) electrons. The summed E-state index contributed by atoms with van der Waals surface area (Å²) in [4.78, 5) is 2.31. The Labute approximate surface area is 166 Å². The number of hydrogen-bond acceptors (Lipinski definition) is 6. The SMILES string of the molecule is COc1ccc(OC)c(S(=O)(=O)N(C)Cc2ccccc2N2CCOCC2)c1. The molecule has 152 valence electrons. The van der Waals surface area contributed by atoms with Crippen LogP contribution in [-0.4, -0.2) is 60.3 Å². The molecule has 8 heteroatoms. The molecular formula is C20H26N2O5S. The molecule has 1 saturated heterocycles. The molecule has 28 heavy (non-hydrogen) atoms. The topological polar surface area (TPSA) is 68.3 Å². The van der Waals surface area contributed by atoms with E-state index >= 15 is 0 Å². The lowest BCUT2D eigenvalue weighted by Crippen LogP contribution is -2.37. The molecular weight excluding hydrogens is 380 g/mol. The largest absolute Gasteiger partial charge is 0.497 e. The van der Waals surface area contributed by atoms with Crippen LogP contribution in [0.15, 0.2) is 47.4 Å². The van der Waals surface area contributed by atoms with Crippen molar-refractivity contribution in [3.8, 4) is 11.5 Å². The summed E-state index contributed by atoms with van der Waals surface area (Å²) in [5.74, 6) is 0.746. The van der Waals surface area contributed by atoms with Crippen LogP contribution < -0.4 is 14.4 Å². The molecule has 0 spiro atoms. The number of rotatable bonds is 7. The number of para-hydroxylation sites is 1. The molecule has 0 N–H and O–H groups in total. The first-order valence-corrected chi connectivity index (χ1v) is 10.5. The lowest BCUT2D eigenvalue weighted by atomic mass is 10.1. The van der Waals surface area contributed by atoms with Gasteiger partial charge >= 0.3 is 0 Å². The minimum absolute atomic E-state index is 0.0840. The molecule has 7 nitrogen and oxygen atoms in total. The van der Waals surface area contributed by atoms with Gasteiger partial charge < -0.3 is 19.1 Å². The van der Waals surface area contributed by atoms with E-state index in [0.29, 0.717) is 19.0 Å². The number of ether oxygens (including phenoxy) is 3. The fraction of sp³-hybridized carbons (Fsp3) is 0.400. The van der Waals surface area contributed by atoms with Crippen LogP contribution in [0.3, 0.4) is 0 Å². The summed E-state index contributed by atoms with van der Waals surface area (Å²) in [5, 5.41) is 0. The maximum Gasteiger partial charge on any atom is 0.246 e. The Bertz CT molecular complexity index is 911. The van der Waals surface area contributed by atoms with Crippen LogP contribution >= 0.6 is 0 Å². The maximum atomic E-state index is 13.2. The van der Waals surface area contributed by atoms with Gasteiger partial charge in [0.1, 0.15) is 16.4 Å². The van der Waals surface area contributed by atoms with Gasteiger partial charge in [-0.25, -0.2) is 8.42 Å². The van der Waals surface area contributed by atoms with Crippen LogP contribution in [-0.2, 0) is 21.3 Å². The van der Waals surface area contributed by atoms with Crippen molar-refractivity contribution in [2.75, 3.05) is 52.5 Å². The van der Waals surface area contributed by atoms with Gasteiger partial charge in [0.05, 0.1) is 27.4 Å². The highest BCUT2D eigenvalue weighted by molar-refractivity contribution is 7.89. The van der Waals surface area contributed by atoms with Crippen molar-refractivity contribution in [2.45, 2.75) is 11.4 Å². The number of benzene rings is 2. The van der Waals surface area contributed by atoms with Gasteiger partial charge in [-0.05, 0) is 23.8 Å². The summed E-state index contributed by atoms with van der Waals surface area (Å²) in [6, 6.07) is 12.6. The Hall–Kier alpha value is -2.29. The fourth-order valence-corrected chi connectivity index (χ4v) is 4.55. The molecule has 2 aromatic carbocycles. The third-order valence-electron chi connectivity index (χ3n) is 4.80. The Morgan fingerprint density at radius 2 is 1.79 bits per heavy atom. The highest BCUT2D eigenvalue weighted by Gasteiger charge is 2.27. The number of nitrogens with zero attached hydrogens (tertiary/aromatic N) is 2. The van der Waals surface area contributed by atoms with E-state index in [1.807, 2.05) is 24.3 Å². The number of sulfonamides is 1. The van der Waals surface area contributed by atoms with Gasteiger partial charge in [-0.1, -0.05) is 18.2 Å². The van der Waals surface area contributed by atoms with Crippen LogP contribution in [0, 0.1) is 0 Å². The summed E-state index contributed by atoms with van der Waals surface area (Å²) in [7, 11) is 0.752. The van der Waals surface area contributed by atoms with Gasteiger partial charge in [0.15, 0.2) is 0 Å². The molecule has 1 fully saturated rings. The molecule has 0 aliphatic carbocycles. The number of methoxy groups -OCH3 is 2. The normalized spacial score (nSPS) is 14.9.